The smallest absolute Gasteiger partial charge is 0.0368 e. The van der Waals surface area contributed by atoms with Crippen molar-refractivity contribution < 1.29 is 0 Å². The molecule has 0 saturated heterocycles. The molecule has 4 rings (SSSR count). The summed E-state index contributed by atoms with van der Waals surface area (Å²) in [4.78, 5) is 0. The van der Waals surface area contributed by atoms with Crippen LogP contribution in [0.3, 0.4) is 0 Å². The zero-order valence-corrected chi connectivity index (χ0v) is 15.1. The van der Waals surface area contributed by atoms with Gasteiger partial charge in [-0.25, -0.2) is 0 Å². The standard InChI is InChI=1S/C22H23N.ClH/c1-22(2)15-20-18-11-7-6-10-17(18)12-13-19(20)21(23-22)14-16-8-4-3-5-9-16;/h3-13,21,23H,14-15H2,1-2H3;1H. The van der Waals surface area contributed by atoms with Gasteiger partial charge in [0, 0.05) is 11.6 Å². The fourth-order valence-electron chi connectivity index (χ4n) is 3.93. The summed E-state index contributed by atoms with van der Waals surface area (Å²) in [6, 6.07) is 24.5. The largest absolute Gasteiger partial charge is 0.304 e. The second kappa shape index (κ2) is 6.58. The van der Waals surface area contributed by atoms with Gasteiger partial charge in [0.1, 0.15) is 0 Å². The Labute approximate surface area is 150 Å². The molecule has 3 aromatic carbocycles. The summed E-state index contributed by atoms with van der Waals surface area (Å²) < 4.78 is 0. The van der Waals surface area contributed by atoms with E-state index in [1.54, 1.807) is 0 Å². The highest BCUT2D eigenvalue weighted by atomic mass is 35.5. The summed E-state index contributed by atoms with van der Waals surface area (Å²) in [5.41, 5.74) is 4.50. The summed E-state index contributed by atoms with van der Waals surface area (Å²) in [6.07, 6.45) is 2.12. The summed E-state index contributed by atoms with van der Waals surface area (Å²) in [5.74, 6) is 0. The van der Waals surface area contributed by atoms with Gasteiger partial charge in [0.25, 0.3) is 0 Å². The minimum absolute atomic E-state index is 0. The van der Waals surface area contributed by atoms with Crippen LogP contribution in [0.1, 0.15) is 36.6 Å². The van der Waals surface area contributed by atoms with Crippen LogP contribution in [0.2, 0.25) is 0 Å². The van der Waals surface area contributed by atoms with Crippen LogP contribution in [0.25, 0.3) is 10.8 Å². The first-order valence-electron chi connectivity index (χ1n) is 8.44. The molecular formula is C22H24ClN. The molecule has 0 aliphatic carbocycles. The van der Waals surface area contributed by atoms with E-state index in [1.165, 1.54) is 27.5 Å². The first-order valence-corrected chi connectivity index (χ1v) is 8.44. The van der Waals surface area contributed by atoms with Crippen LogP contribution in [0, 0.1) is 0 Å². The van der Waals surface area contributed by atoms with E-state index in [0.717, 1.165) is 12.8 Å². The van der Waals surface area contributed by atoms with Crippen LogP contribution in [-0.4, -0.2) is 5.54 Å². The van der Waals surface area contributed by atoms with Gasteiger partial charge >= 0.3 is 0 Å². The van der Waals surface area contributed by atoms with E-state index < -0.39 is 0 Å². The third-order valence-corrected chi connectivity index (χ3v) is 4.92. The summed E-state index contributed by atoms with van der Waals surface area (Å²) in [7, 11) is 0. The van der Waals surface area contributed by atoms with Gasteiger partial charge in [0.15, 0.2) is 0 Å². The molecule has 2 heteroatoms. The SMILES string of the molecule is CC1(C)Cc2c(ccc3ccccc23)C(Cc2ccccc2)N1.Cl. The van der Waals surface area contributed by atoms with Crippen molar-refractivity contribution in [3.05, 3.63) is 83.4 Å². The molecule has 1 heterocycles. The van der Waals surface area contributed by atoms with Gasteiger partial charge in [-0.3, -0.25) is 0 Å². The molecule has 0 aromatic heterocycles. The van der Waals surface area contributed by atoms with Gasteiger partial charge in [-0.15, -0.1) is 12.4 Å². The molecule has 0 bridgehead atoms. The molecular weight excluding hydrogens is 314 g/mol. The predicted octanol–water partition coefficient (Wildman–Crippen LogP) is 5.47. The minimum atomic E-state index is 0. The maximum Gasteiger partial charge on any atom is 0.0368 e. The molecule has 0 amide bonds. The lowest BCUT2D eigenvalue weighted by Crippen LogP contribution is -2.48. The molecule has 0 saturated carbocycles. The Hall–Kier alpha value is -1.83. The second-order valence-corrected chi connectivity index (χ2v) is 7.30. The summed E-state index contributed by atoms with van der Waals surface area (Å²) >= 11 is 0. The van der Waals surface area contributed by atoms with E-state index in [4.69, 9.17) is 0 Å². The molecule has 1 nitrogen and oxygen atoms in total. The Morgan fingerprint density at radius 3 is 2.42 bits per heavy atom. The Bertz CT molecular complexity index is 839. The Kier molecular flexibility index (Phi) is 4.67. The minimum Gasteiger partial charge on any atom is -0.304 e. The monoisotopic (exact) mass is 337 g/mol. The number of rotatable bonds is 2. The van der Waals surface area contributed by atoms with Gasteiger partial charge in [-0.2, -0.15) is 0 Å². The number of fused-ring (bicyclic) bond motifs is 3. The van der Waals surface area contributed by atoms with E-state index in [2.05, 4.69) is 85.9 Å². The van der Waals surface area contributed by atoms with E-state index >= 15 is 0 Å². The molecule has 1 atom stereocenters. The normalized spacial score (nSPS) is 18.7. The maximum absolute atomic E-state index is 3.86. The average Bonchev–Trinajstić information content (AvgIpc) is 2.55. The van der Waals surface area contributed by atoms with Crippen molar-refractivity contribution in [1.29, 1.82) is 0 Å². The van der Waals surface area contributed by atoms with Crippen molar-refractivity contribution >= 4 is 23.2 Å². The van der Waals surface area contributed by atoms with Crippen LogP contribution in [-0.2, 0) is 12.8 Å². The third kappa shape index (κ3) is 3.19. The van der Waals surface area contributed by atoms with E-state index in [1.807, 2.05) is 0 Å². The fraction of sp³-hybridized carbons (Fsp3) is 0.273. The van der Waals surface area contributed by atoms with Gasteiger partial charge in [-0.05, 0) is 54.2 Å². The predicted molar refractivity (Wildman–Crippen MR) is 105 cm³/mol. The second-order valence-electron chi connectivity index (χ2n) is 7.30. The fourth-order valence-corrected chi connectivity index (χ4v) is 3.93. The highest BCUT2D eigenvalue weighted by Gasteiger charge is 2.32. The van der Waals surface area contributed by atoms with E-state index in [0.29, 0.717) is 6.04 Å². The third-order valence-electron chi connectivity index (χ3n) is 4.92. The van der Waals surface area contributed by atoms with Crippen LogP contribution < -0.4 is 5.32 Å². The number of halogens is 1. The van der Waals surface area contributed by atoms with Crippen molar-refractivity contribution in [3.8, 4) is 0 Å². The van der Waals surface area contributed by atoms with Gasteiger partial charge in [0.2, 0.25) is 0 Å². The van der Waals surface area contributed by atoms with Crippen LogP contribution >= 0.6 is 12.4 Å². The first-order chi connectivity index (χ1) is 11.1. The zero-order chi connectivity index (χ0) is 15.9. The lowest BCUT2D eigenvalue weighted by molar-refractivity contribution is 0.309. The Morgan fingerprint density at radius 1 is 0.917 bits per heavy atom. The Morgan fingerprint density at radius 2 is 1.62 bits per heavy atom. The quantitative estimate of drug-likeness (QED) is 0.653. The van der Waals surface area contributed by atoms with Crippen LogP contribution in [0.5, 0.6) is 0 Å². The molecule has 1 aliphatic rings. The average molecular weight is 338 g/mol. The summed E-state index contributed by atoms with van der Waals surface area (Å²) in [6.45, 7) is 4.63. The number of nitrogens with one attached hydrogen (secondary N) is 1. The van der Waals surface area contributed by atoms with Crippen molar-refractivity contribution in [3.63, 3.8) is 0 Å². The van der Waals surface area contributed by atoms with Crippen molar-refractivity contribution in [2.24, 2.45) is 0 Å². The Balaban J connectivity index is 0.00000169. The van der Waals surface area contributed by atoms with E-state index in [9.17, 15) is 0 Å². The number of hydrogen-bond donors (Lipinski definition) is 1. The molecule has 124 valence electrons. The molecule has 1 N–H and O–H groups in total. The van der Waals surface area contributed by atoms with Gasteiger partial charge in [-0.1, -0.05) is 66.7 Å². The highest BCUT2D eigenvalue weighted by molar-refractivity contribution is 5.87. The van der Waals surface area contributed by atoms with Crippen molar-refractivity contribution in [2.75, 3.05) is 0 Å². The van der Waals surface area contributed by atoms with Crippen LogP contribution in [0.4, 0.5) is 0 Å². The molecule has 24 heavy (non-hydrogen) atoms. The van der Waals surface area contributed by atoms with E-state index in [-0.39, 0.29) is 17.9 Å². The number of benzene rings is 3. The lowest BCUT2D eigenvalue weighted by Gasteiger charge is -2.39. The molecule has 0 spiro atoms. The lowest BCUT2D eigenvalue weighted by atomic mass is 9.79. The molecule has 1 aliphatic heterocycles. The van der Waals surface area contributed by atoms with Crippen molar-refractivity contribution in [1.82, 2.24) is 5.32 Å². The maximum atomic E-state index is 3.86. The first kappa shape index (κ1) is 17.0. The van der Waals surface area contributed by atoms with Gasteiger partial charge < -0.3 is 5.32 Å². The molecule has 3 aromatic rings. The topological polar surface area (TPSA) is 12.0 Å². The summed E-state index contributed by atoms with van der Waals surface area (Å²) in [5, 5.41) is 6.63. The zero-order valence-electron chi connectivity index (χ0n) is 14.3. The van der Waals surface area contributed by atoms with Gasteiger partial charge in [0.05, 0.1) is 0 Å². The number of hydrogen-bond acceptors (Lipinski definition) is 1. The van der Waals surface area contributed by atoms with Crippen molar-refractivity contribution in [2.45, 2.75) is 38.3 Å². The molecule has 0 fully saturated rings. The molecule has 1 unspecified atom stereocenters. The molecule has 0 radical (unpaired) electrons. The van der Waals surface area contributed by atoms with Crippen LogP contribution in [0.15, 0.2) is 66.7 Å². The highest BCUT2D eigenvalue weighted by Crippen LogP contribution is 2.36.